The lowest BCUT2D eigenvalue weighted by Gasteiger charge is -2.18. The molecular weight excluding hydrogens is 360 g/mol. The maximum Gasteiger partial charge on any atom is 0.255 e. The van der Waals surface area contributed by atoms with Crippen molar-refractivity contribution < 1.29 is 32.5 Å². The Morgan fingerprint density at radius 1 is 0.963 bits per heavy atom. The van der Waals surface area contributed by atoms with Crippen LogP contribution >= 0.6 is 0 Å². The Bertz CT molecular complexity index is 813. The van der Waals surface area contributed by atoms with Crippen LogP contribution in [0, 0.1) is 11.6 Å². The van der Waals surface area contributed by atoms with E-state index >= 15 is 0 Å². The molecule has 0 aromatic heterocycles. The molecule has 0 fully saturated rings. The minimum Gasteiger partial charge on any atom is -0.496 e. The second-order valence-corrected chi connectivity index (χ2v) is 5.67. The number of ether oxygens (including phenoxy) is 4. The van der Waals surface area contributed by atoms with Crippen LogP contribution in [0.5, 0.6) is 23.0 Å². The topological polar surface area (TPSA) is 66.0 Å². The molecule has 27 heavy (non-hydrogen) atoms. The van der Waals surface area contributed by atoms with E-state index in [4.69, 9.17) is 18.9 Å². The quantitative estimate of drug-likeness (QED) is 0.761. The third kappa shape index (κ3) is 4.99. The van der Waals surface area contributed by atoms with E-state index in [-0.39, 0.29) is 17.9 Å². The van der Waals surface area contributed by atoms with Crippen molar-refractivity contribution >= 4 is 5.91 Å². The predicted octanol–water partition coefficient (Wildman–Crippen LogP) is 3.19. The summed E-state index contributed by atoms with van der Waals surface area (Å²) in [5, 5.41) is 2.72. The first kappa shape index (κ1) is 20.3. The maximum absolute atomic E-state index is 13.6. The van der Waals surface area contributed by atoms with Gasteiger partial charge in [0.1, 0.15) is 18.2 Å². The van der Waals surface area contributed by atoms with Crippen LogP contribution < -0.4 is 24.3 Å². The van der Waals surface area contributed by atoms with E-state index in [1.54, 1.807) is 13.0 Å². The molecule has 1 amide bonds. The number of rotatable bonds is 8. The van der Waals surface area contributed by atoms with Crippen molar-refractivity contribution in [3.05, 3.63) is 47.5 Å². The number of methoxy groups -OCH3 is 3. The Morgan fingerprint density at radius 2 is 1.59 bits per heavy atom. The zero-order valence-corrected chi connectivity index (χ0v) is 15.5. The largest absolute Gasteiger partial charge is 0.496 e. The summed E-state index contributed by atoms with van der Waals surface area (Å²) >= 11 is 0. The van der Waals surface area contributed by atoms with Gasteiger partial charge >= 0.3 is 0 Å². The number of hydrogen-bond donors (Lipinski definition) is 1. The molecule has 0 aliphatic heterocycles. The Balaban J connectivity index is 2.07. The Kier molecular flexibility index (Phi) is 6.81. The molecule has 0 aliphatic rings. The summed E-state index contributed by atoms with van der Waals surface area (Å²) in [4.78, 5) is 12.6. The summed E-state index contributed by atoms with van der Waals surface area (Å²) in [5.74, 6) is -0.917. The SMILES string of the molecule is COc1cc(OC)c(C(=O)NC(C)COc2ccc(F)cc2F)cc1OC. The number of carbonyl (C=O) groups is 1. The molecular formula is C19H21F2NO5. The molecule has 0 aliphatic carbocycles. The molecule has 1 unspecified atom stereocenters. The van der Waals surface area contributed by atoms with Gasteiger partial charge in [0.2, 0.25) is 0 Å². The minimum atomic E-state index is -0.810. The fraction of sp³-hybridized carbons (Fsp3) is 0.316. The van der Waals surface area contributed by atoms with Crippen molar-refractivity contribution in [2.45, 2.75) is 13.0 Å². The van der Waals surface area contributed by atoms with Crippen LogP contribution in [-0.4, -0.2) is 39.9 Å². The highest BCUT2D eigenvalue weighted by Gasteiger charge is 2.19. The standard InChI is InChI=1S/C19H21F2NO5/c1-11(10-27-15-6-5-12(20)7-14(15)21)22-19(23)13-8-17(25-3)18(26-4)9-16(13)24-2/h5-9,11H,10H2,1-4H3,(H,22,23). The second-order valence-electron chi connectivity index (χ2n) is 5.67. The second kappa shape index (κ2) is 9.07. The Hall–Kier alpha value is -3.03. The molecule has 0 spiro atoms. The molecule has 0 saturated carbocycles. The number of nitrogens with one attached hydrogen (secondary N) is 1. The number of benzene rings is 2. The third-order valence-electron chi connectivity index (χ3n) is 3.71. The number of amides is 1. The molecule has 2 aromatic carbocycles. The molecule has 1 atom stereocenters. The average molecular weight is 381 g/mol. The third-order valence-corrected chi connectivity index (χ3v) is 3.71. The van der Waals surface area contributed by atoms with Gasteiger partial charge in [-0.3, -0.25) is 4.79 Å². The molecule has 0 bridgehead atoms. The lowest BCUT2D eigenvalue weighted by Crippen LogP contribution is -2.37. The van der Waals surface area contributed by atoms with Crippen molar-refractivity contribution in [2.24, 2.45) is 0 Å². The van der Waals surface area contributed by atoms with Gasteiger partial charge in [0.25, 0.3) is 5.91 Å². The van der Waals surface area contributed by atoms with Crippen LogP contribution in [0.2, 0.25) is 0 Å². The highest BCUT2D eigenvalue weighted by atomic mass is 19.1. The number of carbonyl (C=O) groups excluding carboxylic acids is 1. The summed E-state index contributed by atoms with van der Waals surface area (Å²) < 4.78 is 47.4. The first-order valence-corrected chi connectivity index (χ1v) is 8.08. The average Bonchev–Trinajstić information content (AvgIpc) is 2.65. The van der Waals surface area contributed by atoms with Crippen molar-refractivity contribution in [1.82, 2.24) is 5.32 Å². The fourth-order valence-corrected chi connectivity index (χ4v) is 2.36. The molecule has 2 aromatic rings. The van der Waals surface area contributed by atoms with Crippen LogP contribution in [0.4, 0.5) is 8.78 Å². The normalized spacial score (nSPS) is 11.5. The van der Waals surface area contributed by atoms with E-state index < -0.39 is 23.6 Å². The van der Waals surface area contributed by atoms with Gasteiger partial charge in [0.05, 0.1) is 32.9 Å². The first-order chi connectivity index (χ1) is 12.9. The van der Waals surface area contributed by atoms with E-state index in [2.05, 4.69) is 5.32 Å². The predicted molar refractivity (Wildman–Crippen MR) is 94.9 cm³/mol. The van der Waals surface area contributed by atoms with Crippen LogP contribution in [0.15, 0.2) is 30.3 Å². The van der Waals surface area contributed by atoms with Crippen LogP contribution in [0.25, 0.3) is 0 Å². The lowest BCUT2D eigenvalue weighted by atomic mass is 10.1. The van der Waals surface area contributed by atoms with E-state index in [0.717, 1.165) is 12.1 Å². The molecule has 0 radical (unpaired) electrons. The van der Waals surface area contributed by atoms with Gasteiger partial charge in [-0.1, -0.05) is 0 Å². The summed E-state index contributed by atoms with van der Waals surface area (Å²) in [7, 11) is 4.37. The summed E-state index contributed by atoms with van der Waals surface area (Å²) in [5.41, 5.74) is 0.245. The molecule has 146 valence electrons. The molecule has 8 heteroatoms. The minimum absolute atomic E-state index is 0.0100. The van der Waals surface area contributed by atoms with Gasteiger partial charge in [-0.05, 0) is 19.1 Å². The number of halogens is 2. The number of hydrogen-bond acceptors (Lipinski definition) is 5. The van der Waals surface area contributed by atoms with E-state index in [0.29, 0.717) is 17.2 Å². The maximum atomic E-state index is 13.6. The zero-order chi connectivity index (χ0) is 20.0. The summed E-state index contributed by atoms with van der Waals surface area (Å²) in [6, 6.07) is 5.60. The Labute approximate surface area is 156 Å². The zero-order valence-electron chi connectivity index (χ0n) is 15.5. The van der Waals surface area contributed by atoms with E-state index in [9.17, 15) is 13.6 Å². The first-order valence-electron chi connectivity index (χ1n) is 8.08. The van der Waals surface area contributed by atoms with Crippen molar-refractivity contribution in [3.63, 3.8) is 0 Å². The monoisotopic (exact) mass is 381 g/mol. The molecule has 2 rings (SSSR count). The summed E-state index contributed by atoms with van der Waals surface area (Å²) in [6.07, 6.45) is 0. The van der Waals surface area contributed by atoms with E-state index in [1.807, 2.05) is 0 Å². The highest BCUT2D eigenvalue weighted by molar-refractivity contribution is 5.98. The van der Waals surface area contributed by atoms with Gasteiger partial charge in [-0.2, -0.15) is 0 Å². The van der Waals surface area contributed by atoms with Gasteiger partial charge in [-0.15, -0.1) is 0 Å². The summed E-state index contributed by atoms with van der Waals surface area (Å²) in [6.45, 7) is 1.68. The van der Waals surface area contributed by atoms with Crippen molar-refractivity contribution in [3.8, 4) is 23.0 Å². The fourth-order valence-electron chi connectivity index (χ4n) is 2.36. The molecule has 1 N–H and O–H groups in total. The lowest BCUT2D eigenvalue weighted by molar-refractivity contribution is 0.0922. The molecule has 0 heterocycles. The van der Waals surface area contributed by atoms with Gasteiger partial charge in [0.15, 0.2) is 23.1 Å². The van der Waals surface area contributed by atoms with Crippen molar-refractivity contribution in [2.75, 3.05) is 27.9 Å². The molecule has 6 nitrogen and oxygen atoms in total. The molecule has 0 saturated heterocycles. The van der Waals surface area contributed by atoms with Gasteiger partial charge < -0.3 is 24.3 Å². The Morgan fingerprint density at radius 3 is 2.19 bits per heavy atom. The van der Waals surface area contributed by atoms with Gasteiger partial charge in [-0.25, -0.2) is 8.78 Å². The van der Waals surface area contributed by atoms with Crippen LogP contribution in [0.3, 0.4) is 0 Å². The van der Waals surface area contributed by atoms with Crippen LogP contribution in [0.1, 0.15) is 17.3 Å². The van der Waals surface area contributed by atoms with Crippen molar-refractivity contribution in [1.29, 1.82) is 0 Å². The smallest absolute Gasteiger partial charge is 0.255 e. The van der Waals surface area contributed by atoms with Crippen LogP contribution in [-0.2, 0) is 0 Å². The van der Waals surface area contributed by atoms with E-state index in [1.165, 1.54) is 33.5 Å². The van der Waals surface area contributed by atoms with Gasteiger partial charge in [0, 0.05) is 18.2 Å². The highest BCUT2D eigenvalue weighted by Crippen LogP contribution is 2.34.